The van der Waals surface area contributed by atoms with Gasteiger partial charge >= 0.3 is 5.97 Å². The predicted octanol–water partition coefficient (Wildman–Crippen LogP) is 2.42. The summed E-state index contributed by atoms with van der Waals surface area (Å²) in [4.78, 5) is 11.4. The number of carboxylic acid groups (broad SMARTS) is 1. The van der Waals surface area contributed by atoms with Gasteiger partial charge in [-0.3, -0.25) is 4.79 Å². The van der Waals surface area contributed by atoms with Gasteiger partial charge in [0.2, 0.25) is 0 Å². The van der Waals surface area contributed by atoms with Gasteiger partial charge < -0.3 is 10.8 Å². The lowest BCUT2D eigenvalue weighted by molar-refractivity contribution is -0.143. The molecule has 0 heterocycles. The van der Waals surface area contributed by atoms with Crippen molar-refractivity contribution in [2.24, 2.45) is 5.73 Å². The van der Waals surface area contributed by atoms with Crippen molar-refractivity contribution in [2.75, 3.05) is 6.54 Å². The van der Waals surface area contributed by atoms with E-state index in [1.54, 1.807) is 31.2 Å². The number of carboxylic acids is 1. The molecule has 0 aliphatic rings. The second kappa shape index (κ2) is 5.32. The molecule has 88 valence electrons. The van der Waals surface area contributed by atoms with Crippen LogP contribution < -0.4 is 5.73 Å². The van der Waals surface area contributed by atoms with Crippen molar-refractivity contribution in [3.8, 4) is 0 Å². The highest BCUT2D eigenvalue weighted by Gasteiger charge is 2.34. The van der Waals surface area contributed by atoms with Gasteiger partial charge in [0.15, 0.2) is 0 Å². The van der Waals surface area contributed by atoms with Crippen molar-refractivity contribution in [3.63, 3.8) is 0 Å². The van der Waals surface area contributed by atoms with Crippen LogP contribution in [0.15, 0.2) is 24.3 Å². The van der Waals surface area contributed by atoms with Crippen molar-refractivity contribution in [1.29, 1.82) is 0 Å². The van der Waals surface area contributed by atoms with E-state index in [0.717, 1.165) is 5.56 Å². The second-order valence-corrected chi connectivity index (χ2v) is 4.48. The summed E-state index contributed by atoms with van der Waals surface area (Å²) in [5.74, 6) is -0.844. The average molecular weight is 242 g/mol. The molecule has 0 fully saturated rings. The summed E-state index contributed by atoms with van der Waals surface area (Å²) in [6, 6.07) is 6.99. The molecule has 0 amide bonds. The predicted molar refractivity (Wildman–Crippen MR) is 64.7 cm³/mol. The van der Waals surface area contributed by atoms with Gasteiger partial charge in [-0.05, 0) is 44.0 Å². The number of hydrogen-bond acceptors (Lipinski definition) is 2. The van der Waals surface area contributed by atoms with E-state index in [1.807, 2.05) is 0 Å². The molecule has 1 aromatic rings. The molecule has 4 heteroatoms. The number of hydrogen-bond donors (Lipinski definition) is 2. The molecule has 1 unspecified atom stereocenters. The summed E-state index contributed by atoms with van der Waals surface area (Å²) in [5.41, 5.74) is 5.24. The lowest BCUT2D eigenvalue weighted by Gasteiger charge is -2.25. The van der Waals surface area contributed by atoms with Gasteiger partial charge in [-0.2, -0.15) is 0 Å². The Labute approximate surface area is 100 Å². The molecule has 1 aromatic carbocycles. The molecule has 1 rings (SSSR count). The SMILES string of the molecule is CC(CCCN)(C(=O)O)c1cccc(Cl)c1. The molecular weight excluding hydrogens is 226 g/mol. The molecule has 0 aliphatic heterocycles. The monoisotopic (exact) mass is 241 g/mol. The Morgan fingerprint density at radius 2 is 2.25 bits per heavy atom. The Balaban J connectivity index is 3.06. The fourth-order valence-electron chi connectivity index (χ4n) is 1.66. The van der Waals surface area contributed by atoms with E-state index in [2.05, 4.69) is 0 Å². The minimum atomic E-state index is -0.912. The normalized spacial score (nSPS) is 14.4. The molecule has 0 saturated heterocycles. The van der Waals surface area contributed by atoms with Crippen LogP contribution in [0.25, 0.3) is 0 Å². The Bertz CT molecular complexity index is 381. The lowest BCUT2D eigenvalue weighted by atomic mass is 9.78. The molecule has 0 saturated carbocycles. The summed E-state index contributed by atoms with van der Waals surface area (Å²) in [7, 11) is 0. The minimum absolute atomic E-state index is 0.490. The van der Waals surface area contributed by atoms with Crippen LogP contribution in [0.2, 0.25) is 5.02 Å². The first kappa shape index (κ1) is 13.0. The molecule has 0 radical (unpaired) electrons. The molecule has 0 aromatic heterocycles. The number of carbonyl (C=O) groups is 1. The molecule has 16 heavy (non-hydrogen) atoms. The smallest absolute Gasteiger partial charge is 0.313 e. The topological polar surface area (TPSA) is 63.3 Å². The molecule has 0 spiro atoms. The van der Waals surface area contributed by atoms with Gasteiger partial charge in [0, 0.05) is 5.02 Å². The highest BCUT2D eigenvalue weighted by molar-refractivity contribution is 6.30. The van der Waals surface area contributed by atoms with Gasteiger partial charge in [-0.15, -0.1) is 0 Å². The quantitative estimate of drug-likeness (QED) is 0.832. The van der Waals surface area contributed by atoms with Crippen LogP contribution in [0.4, 0.5) is 0 Å². The number of aliphatic carboxylic acids is 1. The third-order valence-electron chi connectivity index (χ3n) is 2.81. The van der Waals surface area contributed by atoms with Crippen LogP contribution in [0.1, 0.15) is 25.3 Å². The molecular formula is C12H16ClNO2. The number of rotatable bonds is 5. The average Bonchev–Trinajstić information content (AvgIpc) is 2.25. The van der Waals surface area contributed by atoms with E-state index in [0.29, 0.717) is 24.4 Å². The Kier molecular flexibility index (Phi) is 4.33. The van der Waals surface area contributed by atoms with Crippen molar-refractivity contribution >= 4 is 17.6 Å². The maximum atomic E-state index is 11.4. The van der Waals surface area contributed by atoms with Crippen LogP contribution in [-0.4, -0.2) is 17.6 Å². The largest absolute Gasteiger partial charge is 0.481 e. The van der Waals surface area contributed by atoms with Gasteiger partial charge in [0.25, 0.3) is 0 Å². The first-order chi connectivity index (χ1) is 7.50. The van der Waals surface area contributed by atoms with E-state index < -0.39 is 11.4 Å². The summed E-state index contributed by atoms with van der Waals surface area (Å²) < 4.78 is 0. The molecule has 0 bridgehead atoms. The molecule has 1 atom stereocenters. The Morgan fingerprint density at radius 3 is 2.75 bits per heavy atom. The highest BCUT2D eigenvalue weighted by Crippen LogP contribution is 2.30. The van der Waals surface area contributed by atoms with E-state index in [9.17, 15) is 9.90 Å². The second-order valence-electron chi connectivity index (χ2n) is 4.04. The number of nitrogens with two attached hydrogens (primary N) is 1. The zero-order valence-corrected chi connectivity index (χ0v) is 10.00. The van der Waals surface area contributed by atoms with Crippen LogP contribution in [0.3, 0.4) is 0 Å². The van der Waals surface area contributed by atoms with Crippen LogP contribution in [-0.2, 0) is 10.2 Å². The Hall–Kier alpha value is -1.06. The van der Waals surface area contributed by atoms with Gasteiger partial charge in [0.1, 0.15) is 0 Å². The maximum Gasteiger partial charge on any atom is 0.313 e. The van der Waals surface area contributed by atoms with Crippen molar-refractivity contribution < 1.29 is 9.90 Å². The van der Waals surface area contributed by atoms with Gasteiger partial charge in [0.05, 0.1) is 5.41 Å². The zero-order valence-electron chi connectivity index (χ0n) is 9.24. The molecule has 0 aliphatic carbocycles. The summed E-state index contributed by atoms with van der Waals surface area (Å²) in [6.45, 7) is 2.19. The summed E-state index contributed by atoms with van der Waals surface area (Å²) >= 11 is 5.87. The van der Waals surface area contributed by atoms with Crippen LogP contribution >= 0.6 is 11.6 Å². The third-order valence-corrected chi connectivity index (χ3v) is 3.05. The first-order valence-corrected chi connectivity index (χ1v) is 5.58. The highest BCUT2D eigenvalue weighted by atomic mass is 35.5. The summed E-state index contributed by atoms with van der Waals surface area (Å²) in [6.07, 6.45) is 1.19. The van der Waals surface area contributed by atoms with E-state index in [4.69, 9.17) is 17.3 Å². The number of halogens is 1. The zero-order chi connectivity index (χ0) is 12.2. The first-order valence-electron chi connectivity index (χ1n) is 5.20. The molecule has 3 nitrogen and oxygen atoms in total. The fourth-order valence-corrected chi connectivity index (χ4v) is 1.85. The van der Waals surface area contributed by atoms with Crippen molar-refractivity contribution in [1.82, 2.24) is 0 Å². The fraction of sp³-hybridized carbons (Fsp3) is 0.417. The number of benzene rings is 1. The standard InChI is InChI=1S/C12H16ClNO2/c1-12(11(15)16,6-3-7-14)9-4-2-5-10(13)8-9/h2,4-5,8H,3,6-7,14H2,1H3,(H,15,16). The van der Waals surface area contributed by atoms with E-state index >= 15 is 0 Å². The molecule has 3 N–H and O–H groups in total. The van der Waals surface area contributed by atoms with E-state index in [1.165, 1.54) is 0 Å². The third kappa shape index (κ3) is 2.74. The lowest BCUT2D eigenvalue weighted by Crippen LogP contribution is -2.33. The van der Waals surface area contributed by atoms with Crippen LogP contribution in [0, 0.1) is 0 Å². The van der Waals surface area contributed by atoms with Gasteiger partial charge in [-0.1, -0.05) is 23.7 Å². The van der Waals surface area contributed by atoms with Crippen molar-refractivity contribution in [2.45, 2.75) is 25.2 Å². The maximum absolute atomic E-state index is 11.4. The minimum Gasteiger partial charge on any atom is -0.481 e. The van der Waals surface area contributed by atoms with E-state index in [-0.39, 0.29) is 0 Å². The van der Waals surface area contributed by atoms with Crippen LogP contribution in [0.5, 0.6) is 0 Å². The Morgan fingerprint density at radius 1 is 1.56 bits per heavy atom. The van der Waals surface area contributed by atoms with Crippen molar-refractivity contribution in [3.05, 3.63) is 34.9 Å². The van der Waals surface area contributed by atoms with Gasteiger partial charge in [-0.25, -0.2) is 0 Å². The summed E-state index contributed by atoms with van der Waals surface area (Å²) in [5, 5.41) is 9.87.